The van der Waals surface area contributed by atoms with E-state index in [1.807, 2.05) is 17.7 Å². The zero-order valence-corrected chi connectivity index (χ0v) is 9.11. The number of nitrogens with zero attached hydrogens (tertiary/aromatic N) is 4. The second-order valence-corrected chi connectivity index (χ2v) is 3.48. The van der Waals surface area contributed by atoms with Crippen LogP contribution in [0, 0.1) is 0 Å². The van der Waals surface area contributed by atoms with Crippen molar-refractivity contribution in [3.05, 3.63) is 42.5 Å². The van der Waals surface area contributed by atoms with E-state index in [-0.39, 0.29) is 0 Å². The van der Waals surface area contributed by atoms with Crippen LogP contribution in [0.2, 0.25) is 0 Å². The highest BCUT2D eigenvalue weighted by atomic mass is 16.3. The molecule has 2 rings (SSSR count). The van der Waals surface area contributed by atoms with E-state index in [0.29, 0.717) is 12.1 Å². The molecule has 2 aromatic rings. The van der Waals surface area contributed by atoms with Crippen molar-refractivity contribution in [2.45, 2.75) is 26.0 Å². The molecule has 0 aromatic carbocycles. The zero-order valence-electron chi connectivity index (χ0n) is 9.11. The molecule has 2 heterocycles. The number of hydrogen-bond donors (Lipinski definition) is 1. The molecule has 0 aliphatic heterocycles. The third kappa shape index (κ3) is 2.25. The summed E-state index contributed by atoms with van der Waals surface area (Å²) in [6.45, 7) is 2.90. The average Bonchev–Trinajstić information content (AvgIpc) is 2.77. The molecule has 0 fully saturated rings. The lowest BCUT2D eigenvalue weighted by Crippen LogP contribution is -2.09. The Labute approximate surface area is 93.8 Å². The van der Waals surface area contributed by atoms with Crippen LogP contribution in [0.1, 0.15) is 24.5 Å². The third-order valence-electron chi connectivity index (χ3n) is 2.46. The number of aromatic nitrogens is 4. The highest BCUT2D eigenvalue weighted by Gasteiger charge is 2.12. The van der Waals surface area contributed by atoms with Crippen LogP contribution in [0.4, 0.5) is 0 Å². The first-order valence-electron chi connectivity index (χ1n) is 5.25. The monoisotopic (exact) mass is 218 g/mol. The molecule has 0 spiro atoms. The number of rotatable bonds is 4. The minimum absolute atomic E-state index is 0.470. The van der Waals surface area contributed by atoms with Crippen LogP contribution < -0.4 is 0 Å². The molecule has 2 aromatic heterocycles. The van der Waals surface area contributed by atoms with Gasteiger partial charge in [-0.05, 0) is 13.0 Å². The van der Waals surface area contributed by atoms with Gasteiger partial charge in [0.25, 0.3) is 0 Å². The fraction of sp³-hybridized carbons (Fsp3) is 0.364. The first-order chi connectivity index (χ1) is 7.81. The molecular weight excluding hydrogens is 204 g/mol. The fourth-order valence-corrected chi connectivity index (χ4v) is 1.59. The first kappa shape index (κ1) is 10.8. The Hall–Kier alpha value is -1.75. The number of aryl methyl sites for hydroxylation is 1. The summed E-state index contributed by atoms with van der Waals surface area (Å²) < 4.78 is 2.00. The van der Waals surface area contributed by atoms with Crippen molar-refractivity contribution in [2.75, 3.05) is 0 Å². The largest absolute Gasteiger partial charge is 0.386 e. The van der Waals surface area contributed by atoms with Gasteiger partial charge in [0.2, 0.25) is 0 Å². The van der Waals surface area contributed by atoms with Crippen LogP contribution >= 0.6 is 0 Å². The molecule has 16 heavy (non-hydrogen) atoms. The van der Waals surface area contributed by atoms with Crippen LogP contribution in [0.15, 0.2) is 31.0 Å². The van der Waals surface area contributed by atoms with Crippen molar-refractivity contribution in [1.82, 2.24) is 19.5 Å². The molecule has 84 valence electrons. The van der Waals surface area contributed by atoms with Gasteiger partial charge in [-0.25, -0.2) is 15.0 Å². The van der Waals surface area contributed by atoms with Crippen LogP contribution in [0.25, 0.3) is 0 Å². The summed E-state index contributed by atoms with van der Waals surface area (Å²) in [5, 5.41) is 9.97. The van der Waals surface area contributed by atoms with Crippen LogP contribution in [-0.2, 0) is 13.0 Å². The average molecular weight is 218 g/mol. The van der Waals surface area contributed by atoms with E-state index < -0.39 is 6.10 Å². The second-order valence-electron chi connectivity index (χ2n) is 3.48. The van der Waals surface area contributed by atoms with Gasteiger partial charge in [-0.1, -0.05) is 0 Å². The maximum Gasteiger partial charge on any atom is 0.115 e. The highest BCUT2D eigenvalue weighted by Crippen LogP contribution is 2.14. The minimum atomic E-state index is -0.629. The quantitative estimate of drug-likeness (QED) is 0.830. The van der Waals surface area contributed by atoms with E-state index in [9.17, 15) is 5.11 Å². The molecule has 1 N–H and O–H groups in total. The van der Waals surface area contributed by atoms with E-state index in [4.69, 9.17) is 0 Å². The molecule has 0 aliphatic rings. The van der Waals surface area contributed by atoms with Crippen LogP contribution in [0.3, 0.4) is 0 Å². The van der Waals surface area contributed by atoms with Crippen LogP contribution in [0.5, 0.6) is 0 Å². The molecule has 1 atom stereocenters. The molecule has 0 saturated heterocycles. The molecule has 5 heteroatoms. The maximum atomic E-state index is 9.97. The smallest absolute Gasteiger partial charge is 0.115 e. The van der Waals surface area contributed by atoms with Gasteiger partial charge in [-0.15, -0.1) is 0 Å². The molecule has 0 saturated carbocycles. The molecule has 5 nitrogen and oxygen atoms in total. The highest BCUT2D eigenvalue weighted by molar-refractivity contribution is 5.06. The Morgan fingerprint density at radius 2 is 2.25 bits per heavy atom. The lowest BCUT2D eigenvalue weighted by atomic mass is 10.2. The van der Waals surface area contributed by atoms with Crippen molar-refractivity contribution < 1.29 is 5.11 Å². The molecule has 0 aliphatic carbocycles. The molecule has 1 unspecified atom stereocenters. The standard InChI is InChI=1S/C11H14N4O/c1-2-15-6-5-13-11(15)7-10(16)9-3-4-12-8-14-9/h3-6,8,10,16H,2,7H2,1H3. The summed E-state index contributed by atoms with van der Waals surface area (Å²) >= 11 is 0. The van der Waals surface area contributed by atoms with Crippen LogP contribution in [-0.4, -0.2) is 24.6 Å². The Balaban J connectivity index is 2.11. The summed E-state index contributed by atoms with van der Waals surface area (Å²) in [5.74, 6) is 0.869. The summed E-state index contributed by atoms with van der Waals surface area (Å²) in [5.41, 5.74) is 0.626. The first-order valence-corrected chi connectivity index (χ1v) is 5.25. The SMILES string of the molecule is CCn1ccnc1CC(O)c1ccncn1. The van der Waals surface area contributed by atoms with Gasteiger partial charge in [0.1, 0.15) is 18.3 Å². The third-order valence-corrected chi connectivity index (χ3v) is 2.46. The Morgan fingerprint density at radius 3 is 2.94 bits per heavy atom. The van der Waals surface area contributed by atoms with Crippen molar-refractivity contribution in [2.24, 2.45) is 0 Å². The zero-order chi connectivity index (χ0) is 11.4. The van der Waals surface area contributed by atoms with Gasteiger partial charge in [0.05, 0.1) is 5.69 Å². The van der Waals surface area contributed by atoms with E-state index >= 15 is 0 Å². The molecular formula is C11H14N4O. The fourth-order valence-electron chi connectivity index (χ4n) is 1.59. The lowest BCUT2D eigenvalue weighted by molar-refractivity contribution is 0.169. The summed E-state index contributed by atoms with van der Waals surface area (Å²) in [6, 6.07) is 1.71. The number of imidazole rings is 1. The van der Waals surface area contributed by atoms with Gasteiger partial charge in [0.15, 0.2) is 0 Å². The second kappa shape index (κ2) is 4.85. The molecule has 0 amide bonds. The van der Waals surface area contributed by atoms with Gasteiger partial charge in [-0.3, -0.25) is 0 Å². The maximum absolute atomic E-state index is 9.97. The van der Waals surface area contributed by atoms with Crippen molar-refractivity contribution >= 4 is 0 Å². The van der Waals surface area contributed by atoms with Gasteiger partial charge in [0, 0.05) is 31.6 Å². The molecule has 0 bridgehead atoms. The minimum Gasteiger partial charge on any atom is -0.386 e. The van der Waals surface area contributed by atoms with Crippen molar-refractivity contribution in [3.8, 4) is 0 Å². The lowest BCUT2D eigenvalue weighted by Gasteiger charge is -2.10. The van der Waals surface area contributed by atoms with Gasteiger partial charge in [-0.2, -0.15) is 0 Å². The number of aliphatic hydroxyl groups excluding tert-OH is 1. The van der Waals surface area contributed by atoms with E-state index in [1.54, 1.807) is 18.5 Å². The van der Waals surface area contributed by atoms with Gasteiger partial charge < -0.3 is 9.67 Å². The van der Waals surface area contributed by atoms with E-state index in [2.05, 4.69) is 15.0 Å². The van der Waals surface area contributed by atoms with Crippen molar-refractivity contribution in [1.29, 1.82) is 0 Å². The Morgan fingerprint density at radius 1 is 1.38 bits per heavy atom. The number of aliphatic hydroxyl groups is 1. The summed E-state index contributed by atoms with van der Waals surface area (Å²) in [7, 11) is 0. The predicted octanol–water partition coefficient (Wildman–Crippen LogP) is 0.969. The predicted molar refractivity (Wildman–Crippen MR) is 58.6 cm³/mol. The number of hydrogen-bond acceptors (Lipinski definition) is 4. The Bertz CT molecular complexity index is 440. The summed E-state index contributed by atoms with van der Waals surface area (Å²) in [4.78, 5) is 12.0. The van der Waals surface area contributed by atoms with Gasteiger partial charge >= 0.3 is 0 Å². The van der Waals surface area contributed by atoms with Crippen molar-refractivity contribution in [3.63, 3.8) is 0 Å². The molecule has 0 radical (unpaired) electrons. The topological polar surface area (TPSA) is 63.8 Å². The van der Waals surface area contributed by atoms with E-state index in [0.717, 1.165) is 12.4 Å². The normalized spacial score (nSPS) is 12.6. The Kier molecular flexibility index (Phi) is 3.26. The van der Waals surface area contributed by atoms with E-state index in [1.165, 1.54) is 6.33 Å². The summed E-state index contributed by atoms with van der Waals surface area (Å²) in [6.07, 6.45) is 6.55.